The number of nitrogens with one attached hydrogen (secondary N) is 1. The van der Waals surface area contributed by atoms with E-state index in [2.05, 4.69) is 15.3 Å². The normalized spacial score (nSPS) is 26.4. The van der Waals surface area contributed by atoms with E-state index in [1.165, 1.54) is 22.3 Å². The highest BCUT2D eigenvalue weighted by atomic mass is 35.5. The minimum atomic E-state index is -1.61. The van der Waals surface area contributed by atoms with Gasteiger partial charge in [-0.05, 0) is 24.5 Å². The molecule has 2 aromatic rings. The van der Waals surface area contributed by atoms with E-state index in [0.717, 1.165) is 19.2 Å². The summed E-state index contributed by atoms with van der Waals surface area (Å²) >= 11 is 7.58. The van der Waals surface area contributed by atoms with Crippen molar-refractivity contribution in [1.29, 1.82) is 0 Å². The van der Waals surface area contributed by atoms with E-state index in [-0.39, 0.29) is 40.7 Å². The van der Waals surface area contributed by atoms with Gasteiger partial charge in [0.05, 0.1) is 18.7 Å². The Kier molecular flexibility index (Phi) is 8.20. The van der Waals surface area contributed by atoms with Crippen LogP contribution in [0.4, 0.5) is 13.2 Å². The van der Waals surface area contributed by atoms with Crippen LogP contribution < -0.4 is 5.32 Å². The number of carbonyl (C=O) groups excluding carboxylic acids is 1. The highest BCUT2D eigenvalue weighted by Crippen LogP contribution is 2.38. The lowest BCUT2D eigenvalue weighted by Crippen LogP contribution is -2.60. The third-order valence-electron chi connectivity index (χ3n) is 6.51. The van der Waals surface area contributed by atoms with Crippen molar-refractivity contribution in [2.75, 3.05) is 20.3 Å². The molecule has 0 radical (unpaired) electrons. The van der Waals surface area contributed by atoms with Gasteiger partial charge in [-0.3, -0.25) is 14.7 Å². The molecule has 0 spiro atoms. The Balaban J connectivity index is 1.88. The molecule has 0 bridgehead atoms. The van der Waals surface area contributed by atoms with Gasteiger partial charge in [0.1, 0.15) is 30.7 Å². The number of piperidine rings is 1. The fourth-order valence-electron chi connectivity index (χ4n) is 4.82. The smallest absolute Gasteiger partial charge is 0.338 e. The number of nitrogens with zero attached hydrogens (tertiary/aromatic N) is 3. The number of likely N-dealkylation sites (tertiary alicyclic amines) is 1. The van der Waals surface area contributed by atoms with E-state index in [0.29, 0.717) is 5.01 Å². The van der Waals surface area contributed by atoms with Gasteiger partial charge in [0.15, 0.2) is 10.8 Å². The Morgan fingerprint density at radius 1 is 1.38 bits per heavy atom. The molecule has 2 aliphatic rings. The fraction of sp³-hybridized carbons (Fsp3) is 0.417. The van der Waals surface area contributed by atoms with Crippen LogP contribution in [0.3, 0.4) is 0 Å². The maximum absolute atomic E-state index is 14.9. The lowest BCUT2D eigenvalue weighted by atomic mass is 9.85. The summed E-state index contributed by atoms with van der Waals surface area (Å²) in [5.41, 5.74) is 0.360. The number of carboxylic acids is 1. The molecule has 3 heterocycles. The zero-order valence-corrected chi connectivity index (χ0v) is 21.4. The van der Waals surface area contributed by atoms with Crippen LogP contribution in [0, 0.1) is 11.7 Å². The van der Waals surface area contributed by atoms with E-state index in [4.69, 9.17) is 16.3 Å². The molecule has 37 heavy (non-hydrogen) atoms. The quantitative estimate of drug-likeness (QED) is 0.498. The molecule has 3 unspecified atom stereocenters. The molecule has 0 aliphatic carbocycles. The number of thiazole rings is 1. The van der Waals surface area contributed by atoms with E-state index in [9.17, 15) is 27.9 Å². The van der Waals surface area contributed by atoms with Gasteiger partial charge in [0, 0.05) is 34.4 Å². The number of ether oxygens (including phenoxy) is 1. The minimum absolute atomic E-state index is 0.00430. The third-order valence-corrected chi connectivity index (χ3v) is 7.62. The Bertz CT molecular complexity index is 1240. The molecule has 1 aromatic heterocycles. The molecule has 1 fully saturated rings. The zero-order valence-electron chi connectivity index (χ0n) is 19.8. The van der Waals surface area contributed by atoms with Crippen molar-refractivity contribution in [1.82, 2.24) is 15.2 Å². The van der Waals surface area contributed by atoms with Crippen LogP contribution in [-0.4, -0.2) is 71.3 Å². The predicted molar refractivity (Wildman–Crippen MR) is 132 cm³/mol. The Morgan fingerprint density at radius 2 is 2.14 bits per heavy atom. The van der Waals surface area contributed by atoms with E-state index in [1.807, 2.05) is 0 Å². The van der Waals surface area contributed by atoms with Crippen molar-refractivity contribution in [3.63, 3.8) is 0 Å². The molecule has 8 nitrogen and oxygen atoms in total. The number of aliphatic imine (C=N–C) groups is 1. The molecule has 5 atom stereocenters. The van der Waals surface area contributed by atoms with Gasteiger partial charge in [-0.1, -0.05) is 24.6 Å². The fourth-order valence-corrected chi connectivity index (χ4v) is 5.68. The number of aromatic nitrogens is 1. The summed E-state index contributed by atoms with van der Waals surface area (Å²) in [7, 11) is 1.15. The number of halogens is 4. The van der Waals surface area contributed by atoms with Gasteiger partial charge >= 0.3 is 11.9 Å². The van der Waals surface area contributed by atoms with Gasteiger partial charge in [-0.25, -0.2) is 22.9 Å². The van der Waals surface area contributed by atoms with Crippen molar-refractivity contribution < 1.29 is 32.6 Å². The number of alkyl halides is 2. The summed E-state index contributed by atoms with van der Waals surface area (Å²) in [6.45, 7) is 0.125. The van der Waals surface area contributed by atoms with Crippen molar-refractivity contribution in [3.8, 4) is 0 Å². The highest BCUT2D eigenvalue weighted by Gasteiger charge is 2.46. The van der Waals surface area contributed by atoms with Crippen molar-refractivity contribution in [2.45, 2.75) is 37.6 Å². The average molecular weight is 557 g/mol. The van der Waals surface area contributed by atoms with Gasteiger partial charge in [0.25, 0.3) is 0 Å². The first kappa shape index (κ1) is 27.1. The van der Waals surface area contributed by atoms with Crippen molar-refractivity contribution >= 4 is 40.7 Å². The first-order valence-electron chi connectivity index (χ1n) is 11.4. The molecular weight excluding hydrogens is 533 g/mol. The van der Waals surface area contributed by atoms with Crippen LogP contribution in [0.25, 0.3) is 0 Å². The van der Waals surface area contributed by atoms with Crippen LogP contribution in [0.15, 0.2) is 46.0 Å². The number of amidine groups is 1. The van der Waals surface area contributed by atoms with Crippen molar-refractivity contribution in [2.24, 2.45) is 10.9 Å². The lowest BCUT2D eigenvalue weighted by molar-refractivity contribution is -0.151. The van der Waals surface area contributed by atoms with Crippen LogP contribution in [0.2, 0.25) is 5.02 Å². The number of aliphatic carboxylic acids is 1. The van der Waals surface area contributed by atoms with E-state index < -0.39 is 54.6 Å². The van der Waals surface area contributed by atoms with Gasteiger partial charge < -0.3 is 15.2 Å². The molecular formula is C24H24ClF3N4O4S. The molecule has 0 amide bonds. The van der Waals surface area contributed by atoms with Crippen LogP contribution in [0.1, 0.15) is 30.0 Å². The maximum Gasteiger partial charge on any atom is 0.338 e. The summed E-state index contributed by atoms with van der Waals surface area (Å²) in [5.74, 6) is -3.05. The summed E-state index contributed by atoms with van der Waals surface area (Å²) in [4.78, 5) is 35.3. The van der Waals surface area contributed by atoms with Crippen LogP contribution >= 0.6 is 22.9 Å². The molecule has 1 aromatic carbocycles. The molecule has 2 aliphatic heterocycles. The number of carbonyl (C=O) groups is 2. The number of rotatable bonds is 7. The number of esters is 1. The molecule has 13 heteroatoms. The molecule has 2 N–H and O–H groups in total. The number of benzene rings is 1. The summed E-state index contributed by atoms with van der Waals surface area (Å²) in [6.07, 6.45) is -0.184. The summed E-state index contributed by atoms with van der Waals surface area (Å²) < 4.78 is 47.8. The predicted octanol–water partition coefficient (Wildman–Crippen LogP) is 3.93. The second-order valence-corrected chi connectivity index (χ2v) is 10.1. The molecule has 0 saturated carbocycles. The van der Waals surface area contributed by atoms with E-state index in [1.54, 1.807) is 18.5 Å². The van der Waals surface area contributed by atoms with Gasteiger partial charge in [-0.15, -0.1) is 11.3 Å². The standard InChI is InChI=1S/C24H24ClF3N4O4S/c1-11-7-15(28)17(9-26)32(20(11)23(33)34)10-16-18(24(35)36-2)19(13-4-3-12(27)8-14(13)25)31-21(30-16)22-29-5-6-37-22/h3-6,8,11,15,17,19-20H,7,9-10H2,1-2H3,(H,30,31)(H,33,34)/t11?,15?,17?,19-,20-/m0/s1. The average Bonchev–Trinajstić information content (AvgIpc) is 3.38. The zero-order chi connectivity index (χ0) is 26.9. The lowest BCUT2D eigenvalue weighted by Gasteiger charge is -2.45. The first-order valence-corrected chi connectivity index (χ1v) is 12.6. The summed E-state index contributed by atoms with van der Waals surface area (Å²) in [6, 6.07) is -0.0353. The maximum atomic E-state index is 14.9. The Morgan fingerprint density at radius 3 is 2.73 bits per heavy atom. The topological polar surface area (TPSA) is 104 Å². The number of carboxylic acid groups (broad SMARTS) is 1. The Hall–Kier alpha value is -2.96. The van der Waals surface area contributed by atoms with Gasteiger partial charge in [0.2, 0.25) is 0 Å². The second-order valence-electron chi connectivity index (χ2n) is 8.80. The number of methoxy groups -OCH3 is 1. The molecule has 198 valence electrons. The monoisotopic (exact) mass is 556 g/mol. The SMILES string of the molecule is COC(=O)C1=C(CN2C(CF)C(F)CC(C)[C@H]2C(=O)O)NC(c2nccs2)=N[C@H]1c1ccc(F)cc1Cl. The third kappa shape index (κ3) is 5.36. The van der Waals surface area contributed by atoms with Crippen LogP contribution in [0.5, 0.6) is 0 Å². The number of hydrogen-bond acceptors (Lipinski definition) is 8. The largest absolute Gasteiger partial charge is 0.480 e. The second kappa shape index (κ2) is 11.2. The molecule has 1 saturated heterocycles. The molecule has 4 rings (SSSR count). The van der Waals surface area contributed by atoms with Gasteiger partial charge in [-0.2, -0.15) is 0 Å². The van der Waals surface area contributed by atoms with E-state index >= 15 is 0 Å². The van der Waals surface area contributed by atoms with Crippen molar-refractivity contribution in [3.05, 3.63) is 62.5 Å². The highest BCUT2D eigenvalue weighted by molar-refractivity contribution is 7.11. The van der Waals surface area contributed by atoms with Crippen LogP contribution in [-0.2, 0) is 14.3 Å². The number of hydrogen-bond donors (Lipinski definition) is 2. The Labute approximate surface area is 219 Å². The first-order chi connectivity index (χ1) is 17.7. The summed E-state index contributed by atoms with van der Waals surface area (Å²) in [5, 5.41) is 15.1. The minimum Gasteiger partial charge on any atom is -0.480 e.